The van der Waals surface area contributed by atoms with E-state index in [9.17, 15) is 14.0 Å². The number of hydrogen-bond acceptors (Lipinski definition) is 6. The second-order valence-corrected chi connectivity index (χ2v) is 8.69. The summed E-state index contributed by atoms with van der Waals surface area (Å²) in [6.07, 6.45) is 8.52. The van der Waals surface area contributed by atoms with Crippen LogP contribution in [0.15, 0.2) is 41.4 Å². The minimum Gasteiger partial charge on any atom is -0.310 e. The van der Waals surface area contributed by atoms with Crippen LogP contribution in [0.4, 0.5) is 9.18 Å². The van der Waals surface area contributed by atoms with Gasteiger partial charge in [0.05, 0.1) is 10.6 Å². The lowest BCUT2D eigenvalue weighted by molar-refractivity contribution is -0.115. The van der Waals surface area contributed by atoms with Gasteiger partial charge < -0.3 is 5.32 Å². The van der Waals surface area contributed by atoms with E-state index in [2.05, 4.69) is 20.6 Å². The molecule has 2 amide bonds. The van der Waals surface area contributed by atoms with Gasteiger partial charge in [0.15, 0.2) is 0 Å². The number of carbonyl (C=O) groups excluding carboxylic acids is 2. The van der Waals surface area contributed by atoms with Crippen molar-refractivity contribution in [1.82, 2.24) is 20.6 Å². The van der Waals surface area contributed by atoms with Crippen LogP contribution in [-0.4, -0.2) is 27.2 Å². The maximum atomic E-state index is 13.0. The highest BCUT2D eigenvalue weighted by Gasteiger charge is 2.25. The van der Waals surface area contributed by atoms with Gasteiger partial charge in [0, 0.05) is 25.2 Å². The van der Waals surface area contributed by atoms with Crippen LogP contribution in [0.1, 0.15) is 42.8 Å². The van der Waals surface area contributed by atoms with Crippen molar-refractivity contribution < 1.29 is 14.0 Å². The van der Waals surface area contributed by atoms with Crippen molar-refractivity contribution in [3.63, 3.8) is 0 Å². The first-order chi connectivity index (χ1) is 14.5. The highest BCUT2D eigenvalue weighted by Crippen LogP contribution is 2.28. The van der Waals surface area contributed by atoms with Crippen LogP contribution >= 0.6 is 11.8 Å². The molecule has 1 aromatic carbocycles. The minimum atomic E-state index is -0.378. The zero-order valence-electron chi connectivity index (χ0n) is 16.4. The van der Waals surface area contributed by atoms with E-state index in [0.717, 1.165) is 61.8 Å². The Morgan fingerprint density at radius 1 is 1.13 bits per heavy atom. The Kier molecular flexibility index (Phi) is 6.54. The summed E-state index contributed by atoms with van der Waals surface area (Å²) in [5, 5.41) is 5.46. The van der Waals surface area contributed by atoms with Gasteiger partial charge in [0.1, 0.15) is 11.6 Å². The quantitative estimate of drug-likeness (QED) is 0.683. The van der Waals surface area contributed by atoms with E-state index in [1.807, 2.05) is 12.1 Å². The SMILES string of the molecule is O=C1NC(=O)/C(=C/c2ccnc(CC3CCC(NCc4ccc(F)cc4)CC3)n2)S1. The number of halogens is 1. The van der Waals surface area contributed by atoms with E-state index >= 15 is 0 Å². The Bertz CT molecular complexity index is 956. The smallest absolute Gasteiger partial charge is 0.290 e. The number of hydrogen-bond donors (Lipinski definition) is 2. The molecule has 4 rings (SSSR count). The molecule has 1 saturated heterocycles. The summed E-state index contributed by atoms with van der Waals surface area (Å²) in [5.74, 6) is 0.710. The highest BCUT2D eigenvalue weighted by molar-refractivity contribution is 8.18. The fraction of sp³-hybridized carbons (Fsp3) is 0.364. The largest absolute Gasteiger partial charge is 0.310 e. The molecule has 6 nitrogen and oxygen atoms in total. The molecular formula is C22H23FN4O2S. The molecule has 2 fully saturated rings. The molecule has 1 aliphatic carbocycles. The van der Waals surface area contributed by atoms with Gasteiger partial charge in [-0.15, -0.1) is 0 Å². The van der Waals surface area contributed by atoms with Crippen molar-refractivity contribution in [3.05, 3.63) is 64.3 Å². The predicted molar refractivity (Wildman–Crippen MR) is 114 cm³/mol. The van der Waals surface area contributed by atoms with Crippen molar-refractivity contribution in [2.24, 2.45) is 5.92 Å². The summed E-state index contributed by atoms with van der Waals surface area (Å²) in [4.78, 5) is 32.3. The minimum absolute atomic E-state index is 0.208. The number of rotatable bonds is 6. The first kappa shape index (κ1) is 20.7. The summed E-state index contributed by atoms with van der Waals surface area (Å²) in [5.41, 5.74) is 1.73. The number of nitrogens with one attached hydrogen (secondary N) is 2. The highest BCUT2D eigenvalue weighted by atomic mass is 32.2. The van der Waals surface area contributed by atoms with Crippen LogP contribution in [0.5, 0.6) is 0 Å². The Labute approximate surface area is 178 Å². The fourth-order valence-corrected chi connectivity index (χ4v) is 4.51. The summed E-state index contributed by atoms with van der Waals surface area (Å²) >= 11 is 0.889. The average Bonchev–Trinajstić information content (AvgIpc) is 3.05. The van der Waals surface area contributed by atoms with Gasteiger partial charge in [-0.25, -0.2) is 14.4 Å². The Hall–Kier alpha value is -2.58. The summed E-state index contributed by atoms with van der Waals surface area (Å²) < 4.78 is 13.0. The maximum absolute atomic E-state index is 13.0. The third-order valence-corrected chi connectivity index (χ3v) is 6.28. The van der Waals surface area contributed by atoms with Gasteiger partial charge >= 0.3 is 0 Å². The molecule has 0 unspecified atom stereocenters. The number of carbonyl (C=O) groups is 2. The fourth-order valence-electron chi connectivity index (χ4n) is 3.84. The van der Waals surface area contributed by atoms with E-state index in [4.69, 9.17) is 0 Å². The molecule has 1 aromatic heterocycles. The van der Waals surface area contributed by atoms with Crippen LogP contribution in [0.25, 0.3) is 6.08 Å². The molecule has 0 radical (unpaired) electrons. The molecule has 2 N–H and O–H groups in total. The van der Waals surface area contributed by atoms with E-state index in [1.54, 1.807) is 18.3 Å². The Morgan fingerprint density at radius 2 is 1.90 bits per heavy atom. The summed E-state index contributed by atoms with van der Waals surface area (Å²) in [6, 6.07) is 8.83. The molecule has 1 aliphatic heterocycles. The number of amides is 2. The first-order valence-electron chi connectivity index (χ1n) is 10.1. The number of benzene rings is 1. The lowest BCUT2D eigenvalue weighted by Gasteiger charge is -2.29. The molecule has 2 aliphatic rings. The average molecular weight is 427 g/mol. The predicted octanol–water partition coefficient (Wildman–Crippen LogP) is 3.83. The standard InChI is InChI=1S/C22H23FN4O2S/c23-16-5-1-15(2-6-16)13-25-17-7-3-14(4-8-17)11-20-24-10-9-18(26-20)12-19-21(28)27-22(29)30-19/h1-2,5-6,9-10,12,14,17,25H,3-4,7-8,11,13H2,(H,27,28,29)/b19-12-. The van der Waals surface area contributed by atoms with Crippen LogP contribution in [-0.2, 0) is 17.8 Å². The number of aromatic nitrogens is 2. The van der Waals surface area contributed by atoms with Crippen molar-refractivity contribution in [2.75, 3.05) is 0 Å². The number of imide groups is 1. The van der Waals surface area contributed by atoms with Crippen LogP contribution < -0.4 is 10.6 Å². The number of thioether (sulfide) groups is 1. The molecule has 1 saturated carbocycles. The van der Waals surface area contributed by atoms with Crippen molar-refractivity contribution >= 4 is 29.0 Å². The van der Waals surface area contributed by atoms with Crippen molar-refractivity contribution in [3.8, 4) is 0 Å². The Morgan fingerprint density at radius 3 is 2.60 bits per heavy atom. The van der Waals surface area contributed by atoms with Crippen LogP contribution in [0, 0.1) is 11.7 Å². The third-order valence-electron chi connectivity index (χ3n) is 5.47. The number of nitrogens with zero attached hydrogens (tertiary/aromatic N) is 2. The second-order valence-electron chi connectivity index (χ2n) is 7.68. The van der Waals surface area contributed by atoms with Gasteiger partial charge in [-0.05, 0) is 73.2 Å². The summed E-state index contributed by atoms with van der Waals surface area (Å²) in [7, 11) is 0. The van der Waals surface area contributed by atoms with E-state index < -0.39 is 0 Å². The van der Waals surface area contributed by atoms with E-state index in [1.165, 1.54) is 12.1 Å². The molecule has 156 valence electrons. The molecule has 0 atom stereocenters. The van der Waals surface area contributed by atoms with Crippen LogP contribution in [0.3, 0.4) is 0 Å². The van der Waals surface area contributed by atoms with Gasteiger partial charge in [0.25, 0.3) is 11.1 Å². The lowest BCUT2D eigenvalue weighted by atomic mass is 9.84. The molecular weight excluding hydrogens is 403 g/mol. The third kappa shape index (κ3) is 5.52. The van der Waals surface area contributed by atoms with E-state index in [0.29, 0.717) is 22.6 Å². The molecule has 30 heavy (non-hydrogen) atoms. The lowest BCUT2D eigenvalue weighted by Crippen LogP contribution is -2.33. The topological polar surface area (TPSA) is 84.0 Å². The van der Waals surface area contributed by atoms with Crippen LogP contribution in [0.2, 0.25) is 0 Å². The van der Waals surface area contributed by atoms with Crippen molar-refractivity contribution in [2.45, 2.75) is 44.7 Å². The molecule has 2 aromatic rings. The zero-order chi connectivity index (χ0) is 20.9. The monoisotopic (exact) mass is 426 g/mol. The van der Waals surface area contributed by atoms with Gasteiger partial charge in [-0.1, -0.05) is 12.1 Å². The van der Waals surface area contributed by atoms with Gasteiger partial charge in [0.2, 0.25) is 0 Å². The van der Waals surface area contributed by atoms with E-state index in [-0.39, 0.29) is 17.0 Å². The molecule has 0 bridgehead atoms. The Balaban J connectivity index is 1.27. The maximum Gasteiger partial charge on any atom is 0.290 e. The molecule has 0 spiro atoms. The first-order valence-corrected chi connectivity index (χ1v) is 10.9. The zero-order valence-corrected chi connectivity index (χ0v) is 17.3. The van der Waals surface area contributed by atoms with Gasteiger partial charge in [-0.3, -0.25) is 14.9 Å². The molecule has 2 heterocycles. The molecule has 8 heteroatoms. The van der Waals surface area contributed by atoms with Gasteiger partial charge in [-0.2, -0.15) is 0 Å². The summed E-state index contributed by atoms with van der Waals surface area (Å²) in [6.45, 7) is 0.754. The normalized spacial score (nSPS) is 23.0. The van der Waals surface area contributed by atoms with Crippen molar-refractivity contribution in [1.29, 1.82) is 0 Å². The second kappa shape index (κ2) is 9.49.